The minimum absolute atomic E-state index is 0.00572. The molecule has 0 spiro atoms. The first-order valence-corrected chi connectivity index (χ1v) is 5.10. The summed E-state index contributed by atoms with van der Waals surface area (Å²) in [6, 6.07) is 3.82. The summed E-state index contributed by atoms with van der Waals surface area (Å²) in [5.41, 5.74) is 1.93. The van der Waals surface area contributed by atoms with Crippen molar-refractivity contribution in [2.24, 2.45) is 0 Å². The maximum Gasteiger partial charge on any atom is 0.354 e. The lowest BCUT2D eigenvalue weighted by Gasteiger charge is -2.19. The average molecular weight is 218 g/mol. The first kappa shape index (κ1) is 10.7. The number of aromatic nitrogens is 2. The maximum absolute atomic E-state index is 11.0. The summed E-state index contributed by atoms with van der Waals surface area (Å²) < 4.78 is 1.61. The Balaban J connectivity index is 2.68. The van der Waals surface area contributed by atoms with E-state index in [0.29, 0.717) is 5.65 Å². The number of nitrogens with zero attached hydrogens (tertiary/aromatic N) is 2. The Bertz CT molecular complexity index is 550. The molecule has 2 aromatic rings. The average Bonchev–Trinajstić information content (AvgIpc) is 2.58. The number of carbonyl (C=O) groups is 1. The molecule has 0 aromatic carbocycles. The number of aromatic carboxylic acids is 1. The molecule has 1 N–H and O–H groups in total. The summed E-state index contributed by atoms with van der Waals surface area (Å²) >= 11 is 0. The molecule has 16 heavy (non-hydrogen) atoms. The molecule has 0 unspecified atom stereocenters. The van der Waals surface area contributed by atoms with Crippen molar-refractivity contribution in [1.82, 2.24) is 9.38 Å². The summed E-state index contributed by atoms with van der Waals surface area (Å²) in [6.45, 7) is 6.27. The molecule has 0 radical (unpaired) electrons. The van der Waals surface area contributed by atoms with Gasteiger partial charge in [0.25, 0.3) is 0 Å². The van der Waals surface area contributed by atoms with Crippen LogP contribution in [0.5, 0.6) is 0 Å². The minimum atomic E-state index is -0.960. The van der Waals surface area contributed by atoms with Gasteiger partial charge in [-0.25, -0.2) is 9.78 Å². The van der Waals surface area contributed by atoms with Crippen molar-refractivity contribution in [3.63, 3.8) is 0 Å². The van der Waals surface area contributed by atoms with E-state index in [0.717, 1.165) is 5.56 Å². The van der Waals surface area contributed by atoms with E-state index in [2.05, 4.69) is 25.8 Å². The normalized spacial score (nSPS) is 11.9. The van der Waals surface area contributed by atoms with Gasteiger partial charge in [0, 0.05) is 6.20 Å². The van der Waals surface area contributed by atoms with E-state index in [1.807, 2.05) is 18.3 Å². The van der Waals surface area contributed by atoms with Crippen molar-refractivity contribution in [2.45, 2.75) is 26.2 Å². The van der Waals surface area contributed by atoms with Crippen molar-refractivity contribution in [3.8, 4) is 0 Å². The van der Waals surface area contributed by atoms with Gasteiger partial charge < -0.3 is 5.11 Å². The molecular formula is C12H14N2O2. The van der Waals surface area contributed by atoms with Crippen molar-refractivity contribution < 1.29 is 9.90 Å². The lowest BCUT2D eigenvalue weighted by atomic mass is 9.88. The number of imidazole rings is 1. The molecule has 2 rings (SSSR count). The molecule has 4 heteroatoms. The van der Waals surface area contributed by atoms with E-state index in [1.165, 1.54) is 6.20 Å². The van der Waals surface area contributed by atoms with Gasteiger partial charge in [-0.15, -0.1) is 0 Å². The Hall–Kier alpha value is -1.84. The smallest absolute Gasteiger partial charge is 0.354 e. The molecule has 0 amide bonds. The van der Waals surface area contributed by atoms with Crippen LogP contribution >= 0.6 is 0 Å². The Kier molecular flexibility index (Phi) is 2.22. The Morgan fingerprint density at radius 2 is 2.06 bits per heavy atom. The van der Waals surface area contributed by atoms with Crippen molar-refractivity contribution in [2.75, 3.05) is 0 Å². The van der Waals surface area contributed by atoms with E-state index in [9.17, 15) is 4.79 Å². The first-order chi connectivity index (χ1) is 7.39. The predicted molar refractivity (Wildman–Crippen MR) is 60.9 cm³/mol. The highest BCUT2D eigenvalue weighted by Crippen LogP contribution is 2.22. The van der Waals surface area contributed by atoms with Gasteiger partial charge in [0.15, 0.2) is 5.69 Å². The highest BCUT2D eigenvalue weighted by Gasteiger charge is 2.16. The van der Waals surface area contributed by atoms with Gasteiger partial charge in [-0.1, -0.05) is 26.8 Å². The number of carboxylic acid groups (broad SMARTS) is 1. The fourth-order valence-electron chi connectivity index (χ4n) is 1.58. The Labute approximate surface area is 93.5 Å². The van der Waals surface area contributed by atoms with Crippen LogP contribution in [0.1, 0.15) is 36.8 Å². The monoisotopic (exact) mass is 218 g/mol. The SMILES string of the molecule is CC(C)(C)c1ccc2ncc(C(=O)O)n2c1. The highest BCUT2D eigenvalue weighted by atomic mass is 16.4. The van der Waals surface area contributed by atoms with Gasteiger partial charge >= 0.3 is 5.97 Å². The third-order valence-electron chi connectivity index (χ3n) is 2.59. The molecule has 4 nitrogen and oxygen atoms in total. The van der Waals surface area contributed by atoms with Crippen LogP contribution in [0.25, 0.3) is 5.65 Å². The van der Waals surface area contributed by atoms with Crippen LogP contribution in [0.3, 0.4) is 0 Å². The third-order valence-corrected chi connectivity index (χ3v) is 2.59. The second kappa shape index (κ2) is 3.33. The number of pyridine rings is 1. The lowest BCUT2D eigenvalue weighted by Crippen LogP contribution is -2.12. The summed E-state index contributed by atoms with van der Waals surface area (Å²) in [6.07, 6.45) is 3.22. The Morgan fingerprint density at radius 3 is 2.62 bits per heavy atom. The van der Waals surface area contributed by atoms with Crippen LogP contribution in [-0.4, -0.2) is 20.5 Å². The Morgan fingerprint density at radius 1 is 1.38 bits per heavy atom. The second-order valence-corrected chi connectivity index (χ2v) is 4.84. The standard InChI is InChI=1S/C12H14N2O2/c1-12(2,3)8-4-5-10-13-6-9(11(15)16)14(10)7-8/h4-7H,1-3H3,(H,15,16). The van der Waals surface area contributed by atoms with E-state index in [1.54, 1.807) is 4.40 Å². The molecule has 0 atom stereocenters. The minimum Gasteiger partial charge on any atom is -0.477 e. The summed E-state index contributed by atoms with van der Waals surface area (Å²) in [7, 11) is 0. The van der Waals surface area contributed by atoms with Gasteiger partial charge in [0.2, 0.25) is 0 Å². The van der Waals surface area contributed by atoms with Crippen molar-refractivity contribution in [3.05, 3.63) is 35.8 Å². The fourth-order valence-corrected chi connectivity index (χ4v) is 1.58. The summed E-state index contributed by atoms with van der Waals surface area (Å²) in [5.74, 6) is -0.960. The van der Waals surface area contributed by atoms with E-state index < -0.39 is 5.97 Å². The molecular weight excluding hydrogens is 204 g/mol. The zero-order valence-corrected chi connectivity index (χ0v) is 9.56. The van der Waals surface area contributed by atoms with Gasteiger partial charge in [0.1, 0.15) is 5.65 Å². The van der Waals surface area contributed by atoms with Crippen LogP contribution in [0.4, 0.5) is 0 Å². The molecule has 2 aromatic heterocycles. The number of carboxylic acids is 1. The summed E-state index contributed by atoms with van der Waals surface area (Å²) in [5, 5.41) is 9.00. The van der Waals surface area contributed by atoms with Crippen molar-refractivity contribution in [1.29, 1.82) is 0 Å². The van der Waals surface area contributed by atoms with E-state index in [4.69, 9.17) is 5.11 Å². The van der Waals surface area contributed by atoms with Crippen LogP contribution < -0.4 is 0 Å². The highest BCUT2D eigenvalue weighted by molar-refractivity contribution is 5.86. The van der Waals surface area contributed by atoms with Crippen molar-refractivity contribution >= 4 is 11.6 Å². The number of hydrogen-bond acceptors (Lipinski definition) is 2. The number of rotatable bonds is 1. The maximum atomic E-state index is 11.0. The second-order valence-electron chi connectivity index (χ2n) is 4.84. The summed E-state index contributed by atoms with van der Waals surface area (Å²) in [4.78, 5) is 15.0. The van der Waals surface area contributed by atoms with Crippen LogP contribution in [0, 0.1) is 0 Å². The molecule has 0 saturated carbocycles. The molecule has 0 aliphatic rings. The molecule has 0 bridgehead atoms. The first-order valence-electron chi connectivity index (χ1n) is 5.10. The molecule has 0 saturated heterocycles. The van der Waals surface area contributed by atoms with Gasteiger partial charge in [-0.2, -0.15) is 0 Å². The van der Waals surface area contributed by atoms with Crippen LogP contribution in [0.15, 0.2) is 24.5 Å². The van der Waals surface area contributed by atoms with Crippen LogP contribution in [0.2, 0.25) is 0 Å². The fraction of sp³-hybridized carbons (Fsp3) is 0.333. The quantitative estimate of drug-likeness (QED) is 0.799. The van der Waals surface area contributed by atoms with Gasteiger partial charge in [0.05, 0.1) is 6.20 Å². The predicted octanol–water partition coefficient (Wildman–Crippen LogP) is 2.33. The molecule has 2 heterocycles. The van der Waals surface area contributed by atoms with Gasteiger partial charge in [-0.3, -0.25) is 4.40 Å². The third kappa shape index (κ3) is 1.66. The molecule has 0 fully saturated rings. The zero-order valence-electron chi connectivity index (χ0n) is 9.56. The number of hydrogen-bond donors (Lipinski definition) is 1. The topological polar surface area (TPSA) is 54.6 Å². The van der Waals surface area contributed by atoms with E-state index >= 15 is 0 Å². The molecule has 0 aliphatic heterocycles. The molecule has 84 valence electrons. The zero-order chi connectivity index (χ0) is 11.9. The largest absolute Gasteiger partial charge is 0.477 e. The number of fused-ring (bicyclic) bond motifs is 1. The van der Waals surface area contributed by atoms with Gasteiger partial charge in [-0.05, 0) is 17.0 Å². The van der Waals surface area contributed by atoms with Crippen LogP contribution in [-0.2, 0) is 5.41 Å². The lowest BCUT2D eigenvalue weighted by molar-refractivity contribution is 0.0689. The van der Waals surface area contributed by atoms with E-state index in [-0.39, 0.29) is 11.1 Å². The molecule has 0 aliphatic carbocycles.